The molecule has 1 saturated carbocycles. The summed E-state index contributed by atoms with van der Waals surface area (Å²) in [6.07, 6.45) is 3.99. The van der Waals surface area contributed by atoms with Crippen LogP contribution >= 0.6 is 0 Å². The number of pyridine rings is 1. The van der Waals surface area contributed by atoms with Gasteiger partial charge in [0.25, 0.3) is 0 Å². The molecule has 1 aliphatic rings. The van der Waals surface area contributed by atoms with E-state index < -0.39 is 0 Å². The number of carbonyl (C=O) groups excluding carboxylic acids is 1. The van der Waals surface area contributed by atoms with E-state index in [1.54, 1.807) is 24.4 Å². The topological polar surface area (TPSA) is 77.2 Å². The Balaban J connectivity index is 1.81. The van der Waals surface area contributed by atoms with Gasteiger partial charge in [0, 0.05) is 29.8 Å². The fourth-order valence-corrected chi connectivity index (χ4v) is 3.05. The second kappa shape index (κ2) is 6.97. The molecule has 24 heavy (non-hydrogen) atoms. The fraction of sp³-hybridized carbons (Fsp3) is 0.333. The third-order valence-corrected chi connectivity index (χ3v) is 4.33. The number of carbonyl (C=O) groups is 1. The first-order valence-corrected chi connectivity index (χ1v) is 7.93. The van der Waals surface area contributed by atoms with Crippen molar-refractivity contribution in [3.05, 3.63) is 42.3 Å². The number of nitrogens with zero attached hydrogens (tertiary/aromatic N) is 1. The first-order valence-electron chi connectivity index (χ1n) is 7.93. The summed E-state index contributed by atoms with van der Waals surface area (Å²) in [4.78, 5) is 16.5. The third-order valence-electron chi connectivity index (χ3n) is 4.33. The summed E-state index contributed by atoms with van der Waals surface area (Å²) in [5.74, 6) is 0.407. The maximum atomic E-state index is 13.3. The van der Waals surface area contributed by atoms with E-state index in [4.69, 9.17) is 10.5 Å². The van der Waals surface area contributed by atoms with E-state index in [9.17, 15) is 9.18 Å². The van der Waals surface area contributed by atoms with Crippen molar-refractivity contribution in [3.8, 4) is 16.9 Å². The molecule has 0 bridgehead atoms. The summed E-state index contributed by atoms with van der Waals surface area (Å²) < 4.78 is 18.6. The molecular weight excluding hydrogens is 309 g/mol. The molecule has 1 fully saturated rings. The maximum absolute atomic E-state index is 13.3. The molecular formula is C18H20FN3O2. The Hall–Kier alpha value is -2.47. The van der Waals surface area contributed by atoms with Crippen LogP contribution in [-0.4, -0.2) is 24.0 Å². The summed E-state index contributed by atoms with van der Waals surface area (Å²) in [5.41, 5.74) is 7.39. The Kier molecular flexibility index (Phi) is 4.76. The van der Waals surface area contributed by atoms with Gasteiger partial charge >= 0.3 is 0 Å². The van der Waals surface area contributed by atoms with Crippen LogP contribution in [0.25, 0.3) is 11.1 Å². The number of nitrogens with one attached hydrogen (secondary N) is 1. The smallest absolute Gasteiger partial charge is 0.228 e. The largest absolute Gasteiger partial charge is 0.496 e. The highest BCUT2D eigenvalue weighted by Gasteiger charge is 2.27. The average molecular weight is 329 g/mol. The molecule has 1 heterocycles. The van der Waals surface area contributed by atoms with E-state index in [0.717, 1.165) is 24.0 Å². The van der Waals surface area contributed by atoms with Gasteiger partial charge in [-0.3, -0.25) is 4.79 Å². The molecule has 0 spiro atoms. The molecule has 2 aromatic rings. The fourth-order valence-electron chi connectivity index (χ4n) is 3.05. The standard InChI is InChI=1S/C18H20FN3O2/c1-24-16-10-13(19)3-5-15(16)11-6-7-21-17(9-11)22-18(23)12-2-4-14(20)8-12/h3,5-7,9-10,12,14H,2,4,8,20H2,1H3,(H,21,22,23)/t12-,14+/m1/s1. The van der Waals surface area contributed by atoms with Crippen LogP contribution in [0.2, 0.25) is 0 Å². The number of nitrogens with two attached hydrogens (primary N) is 1. The first kappa shape index (κ1) is 16.4. The van der Waals surface area contributed by atoms with Gasteiger partial charge in [-0.1, -0.05) is 0 Å². The van der Waals surface area contributed by atoms with Crippen LogP contribution in [0, 0.1) is 11.7 Å². The van der Waals surface area contributed by atoms with E-state index >= 15 is 0 Å². The van der Waals surface area contributed by atoms with Gasteiger partial charge in [0.1, 0.15) is 17.4 Å². The third kappa shape index (κ3) is 3.54. The number of hydrogen-bond acceptors (Lipinski definition) is 4. The molecule has 2 atom stereocenters. The van der Waals surface area contributed by atoms with Crippen molar-refractivity contribution in [2.24, 2.45) is 11.7 Å². The molecule has 0 unspecified atom stereocenters. The number of methoxy groups -OCH3 is 1. The Morgan fingerprint density at radius 3 is 2.88 bits per heavy atom. The van der Waals surface area contributed by atoms with Gasteiger partial charge in [0.05, 0.1) is 7.11 Å². The van der Waals surface area contributed by atoms with Gasteiger partial charge in [-0.15, -0.1) is 0 Å². The Morgan fingerprint density at radius 1 is 1.33 bits per heavy atom. The lowest BCUT2D eigenvalue weighted by molar-refractivity contribution is -0.119. The maximum Gasteiger partial charge on any atom is 0.228 e. The van der Waals surface area contributed by atoms with Crippen LogP contribution in [0.3, 0.4) is 0 Å². The predicted molar refractivity (Wildman–Crippen MR) is 90.1 cm³/mol. The average Bonchev–Trinajstić information content (AvgIpc) is 3.01. The molecule has 3 rings (SSSR count). The molecule has 1 aromatic heterocycles. The summed E-state index contributed by atoms with van der Waals surface area (Å²) in [6.45, 7) is 0. The van der Waals surface area contributed by atoms with Crippen molar-refractivity contribution < 1.29 is 13.9 Å². The van der Waals surface area contributed by atoms with E-state index in [1.165, 1.54) is 19.2 Å². The highest BCUT2D eigenvalue weighted by atomic mass is 19.1. The SMILES string of the molecule is COc1cc(F)ccc1-c1ccnc(NC(=O)[C@@H]2CC[C@H](N)C2)c1. The molecule has 126 valence electrons. The van der Waals surface area contributed by atoms with Crippen molar-refractivity contribution in [2.75, 3.05) is 12.4 Å². The molecule has 1 aromatic carbocycles. The van der Waals surface area contributed by atoms with Crippen LogP contribution in [0.1, 0.15) is 19.3 Å². The molecule has 1 aliphatic carbocycles. The zero-order valence-electron chi connectivity index (χ0n) is 13.5. The van der Waals surface area contributed by atoms with Crippen molar-refractivity contribution >= 4 is 11.7 Å². The minimum atomic E-state index is -0.365. The molecule has 6 heteroatoms. The van der Waals surface area contributed by atoms with Gasteiger partial charge in [0.15, 0.2) is 0 Å². The zero-order chi connectivity index (χ0) is 17.1. The van der Waals surface area contributed by atoms with Crippen LogP contribution < -0.4 is 15.8 Å². The molecule has 3 N–H and O–H groups in total. The summed E-state index contributed by atoms with van der Waals surface area (Å²) in [5, 5.41) is 2.84. The summed E-state index contributed by atoms with van der Waals surface area (Å²) in [6, 6.07) is 7.98. The van der Waals surface area contributed by atoms with Gasteiger partial charge in [0.2, 0.25) is 5.91 Å². The van der Waals surface area contributed by atoms with E-state index in [2.05, 4.69) is 10.3 Å². The number of halogens is 1. The van der Waals surface area contributed by atoms with Gasteiger partial charge in [-0.05, 0) is 49.1 Å². The van der Waals surface area contributed by atoms with Crippen molar-refractivity contribution in [1.29, 1.82) is 0 Å². The van der Waals surface area contributed by atoms with Crippen LogP contribution in [0.15, 0.2) is 36.5 Å². The number of anilines is 1. The van der Waals surface area contributed by atoms with E-state index in [1.807, 2.05) is 0 Å². The second-order valence-electron chi connectivity index (χ2n) is 6.03. The van der Waals surface area contributed by atoms with Crippen LogP contribution in [0.4, 0.5) is 10.2 Å². The monoisotopic (exact) mass is 329 g/mol. The number of aromatic nitrogens is 1. The molecule has 1 amide bonds. The van der Waals surface area contributed by atoms with Gasteiger partial charge in [-0.25, -0.2) is 9.37 Å². The first-order chi connectivity index (χ1) is 11.6. The normalized spacial score (nSPS) is 20.0. The lowest BCUT2D eigenvalue weighted by Gasteiger charge is -2.12. The highest BCUT2D eigenvalue weighted by molar-refractivity contribution is 5.92. The van der Waals surface area contributed by atoms with Crippen molar-refractivity contribution in [2.45, 2.75) is 25.3 Å². The second-order valence-corrected chi connectivity index (χ2v) is 6.03. The van der Waals surface area contributed by atoms with Gasteiger partial charge in [-0.2, -0.15) is 0 Å². The Morgan fingerprint density at radius 2 is 2.17 bits per heavy atom. The minimum absolute atomic E-state index is 0.0568. The summed E-state index contributed by atoms with van der Waals surface area (Å²) in [7, 11) is 1.49. The van der Waals surface area contributed by atoms with Crippen LogP contribution in [-0.2, 0) is 4.79 Å². The lowest BCUT2D eigenvalue weighted by Crippen LogP contribution is -2.23. The van der Waals surface area contributed by atoms with Crippen molar-refractivity contribution in [3.63, 3.8) is 0 Å². The predicted octanol–water partition coefficient (Wildman–Crippen LogP) is 2.96. The molecule has 0 radical (unpaired) electrons. The Labute approximate surface area is 140 Å². The highest BCUT2D eigenvalue weighted by Crippen LogP contribution is 2.32. The van der Waals surface area contributed by atoms with Crippen LogP contribution in [0.5, 0.6) is 5.75 Å². The summed E-state index contributed by atoms with van der Waals surface area (Å²) >= 11 is 0. The number of benzene rings is 1. The molecule has 5 nitrogen and oxygen atoms in total. The number of rotatable bonds is 4. The van der Waals surface area contributed by atoms with E-state index in [0.29, 0.717) is 18.0 Å². The number of amides is 1. The quantitative estimate of drug-likeness (QED) is 0.904. The minimum Gasteiger partial charge on any atom is -0.496 e. The van der Waals surface area contributed by atoms with E-state index in [-0.39, 0.29) is 23.7 Å². The zero-order valence-corrected chi connectivity index (χ0v) is 13.5. The lowest BCUT2D eigenvalue weighted by atomic mass is 10.1. The Bertz CT molecular complexity index is 751. The number of ether oxygens (including phenoxy) is 1. The van der Waals surface area contributed by atoms with Crippen molar-refractivity contribution in [1.82, 2.24) is 4.98 Å². The number of hydrogen-bond donors (Lipinski definition) is 2. The molecule has 0 saturated heterocycles. The molecule has 0 aliphatic heterocycles. The van der Waals surface area contributed by atoms with Gasteiger partial charge < -0.3 is 15.8 Å².